The molecule has 10 heavy (non-hydrogen) atoms. The highest BCUT2D eigenvalue weighted by molar-refractivity contribution is 5.80. The molecule has 0 fully saturated rings. The Balaban J connectivity index is 3.64. The van der Waals surface area contributed by atoms with Gasteiger partial charge in [0.15, 0.2) is 0 Å². The van der Waals surface area contributed by atoms with Crippen LogP contribution < -0.4 is 5.32 Å². The third-order valence-electron chi connectivity index (χ3n) is 1.13. The Morgan fingerprint density at radius 3 is 3.00 bits per heavy atom. The fourth-order valence-corrected chi connectivity index (χ4v) is 0.406. The van der Waals surface area contributed by atoms with Crippen LogP contribution in [0.4, 0.5) is 0 Å². The lowest BCUT2D eigenvalue weighted by atomic mass is 10.2. The summed E-state index contributed by atoms with van der Waals surface area (Å²) in [5.41, 5.74) is 0. The second kappa shape index (κ2) is 4.63. The number of carbonyl (C=O) groups excluding carboxylic acids is 1. The van der Waals surface area contributed by atoms with Gasteiger partial charge in [-0.25, -0.2) is 0 Å². The van der Waals surface area contributed by atoms with Crippen LogP contribution in [0.1, 0.15) is 6.92 Å². The van der Waals surface area contributed by atoms with Gasteiger partial charge in [-0.1, -0.05) is 18.9 Å². The van der Waals surface area contributed by atoms with E-state index in [1.165, 1.54) is 0 Å². The Kier molecular flexibility index (Phi) is 4.06. The smallest absolute Gasteiger partial charge is 0.227 e. The lowest BCUT2D eigenvalue weighted by Gasteiger charge is -2.03. The first-order chi connectivity index (χ1) is 4.72. The van der Waals surface area contributed by atoms with Crippen molar-refractivity contribution in [3.05, 3.63) is 12.7 Å². The Bertz CT molecular complexity index is 167. The first kappa shape index (κ1) is 8.77. The first-order valence-corrected chi connectivity index (χ1v) is 3.06. The zero-order valence-corrected chi connectivity index (χ0v) is 6.05. The van der Waals surface area contributed by atoms with Gasteiger partial charge in [-0.3, -0.25) is 4.79 Å². The molecule has 0 aromatic rings. The van der Waals surface area contributed by atoms with Crippen molar-refractivity contribution in [3.8, 4) is 12.3 Å². The Hall–Kier alpha value is -1.23. The molecule has 0 aromatic heterocycles. The summed E-state index contributed by atoms with van der Waals surface area (Å²) in [6.45, 7) is 5.53. The van der Waals surface area contributed by atoms with Crippen molar-refractivity contribution >= 4 is 5.91 Å². The molecule has 0 aliphatic heterocycles. The van der Waals surface area contributed by atoms with E-state index < -0.39 is 0 Å². The fourth-order valence-electron chi connectivity index (χ4n) is 0.406. The van der Waals surface area contributed by atoms with Crippen molar-refractivity contribution in [1.29, 1.82) is 0 Å². The second-order valence-corrected chi connectivity index (χ2v) is 1.95. The third kappa shape index (κ3) is 2.93. The number of carbonyl (C=O) groups is 1. The number of terminal acetylenes is 1. The van der Waals surface area contributed by atoms with Crippen molar-refractivity contribution < 1.29 is 4.79 Å². The molecule has 1 atom stereocenters. The molecule has 1 amide bonds. The molecule has 0 radical (unpaired) electrons. The van der Waals surface area contributed by atoms with E-state index in [1.54, 1.807) is 13.0 Å². The summed E-state index contributed by atoms with van der Waals surface area (Å²) in [6.07, 6.45) is 6.50. The molecule has 2 nitrogen and oxygen atoms in total. The van der Waals surface area contributed by atoms with E-state index in [1.807, 2.05) is 0 Å². The zero-order valence-electron chi connectivity index (χ0n) is 6.05. The molecule has 0 spiro atoms. The number of hydrogen-bond donors (Lipinski definition) is 1. The summed E-state index contributed by atoms with van der Waals surface area (Å²) < 4.78 is 0. The SMILES string of the molecule is C#CCNC(=O)C(C)C=C. The van der Waals surface area contributed by atoms with Crippen LogP contribution in [-0.4, -0.2) is 12.5 Å². The van der Waals surface area contributed by atoms with E-state index >= 15 is 0 Å². The van der Waals surface area contributed by atoms with Gasteiger partial charge in [0.2, 0.25) is 5.91 Å². The van der Waals surface area contributed by atoms with Gasteiger partial charge in [0.25, 0.3) is 0 Å². The predicted molar refractivity (Wildman–Crippen MR) is 41.2 cm³/mol. The summed E-state index contributed by atoms with van der Waals surface area (Å²) in [6, 6.07) is 0. The van der Waals surface area contributed by atoms with Crippen molar-refractivity contribution in [2.45, 2.75) is 6.92 Å². The van der Waals surface area contributed by atoms with E-state index in [0.29, 0.717) is 0 Å². The zero-order chi connectivity index (χ0) is 7.98. The molecule has 1 unspecified atom stereocenters. The highest BCUT2D eigenvalue weighted by Gasteiger charge is 2.05. The second-order valence-electron chi connectivity index (χ2n) is 1.95. The standard InChI is InChI=1S/C8H11NO/c1-4-6-9-8(10)7(3)5-2/h1,5,7H,2,6H2,3H3,(H,9,10). The van der Waals surface area contributed by atoms with E-state index in [9.17, 15) is 4.79 Å². The van der Waals surface area contributed by atoms with Gasteiger partial charge in [-0.05, 0) is 0 Å². The van der Waals surface area contributed by atoms with E-state index in [2.05, 4.69) is 17.8 Å². The minimum absolute atomic E-state index is 0.0760. The molecule has 0 saturated heterocycles. The van der Waals surface area contributed by atoms with Crippen molar-refractivity contribution in [3.63, 3.8) is 0 Å². The molecule has 0 bridgehead atoms. The quantitative estimate of drug-likeness (QED) is 0.447. The number of rotatable bonds is 3. The highest BCUT2D eigenvalue weighted by Crippen LogP contribution is 1.93. The van der Waals surface area contributed by atoms with Crippen LogP contribution in [0.2, 0.25) is 0 Å². The molecule has 0 aliphatic carbocycles. The van der Waals surface area contributed by atoms with Gasteiger partial charge in [0, 0.05) is 0 Å². The molecule has 0 saturated carbocycles. The van der Waals surface area contributed by atoms with Crippen LogP contribution in [0.25, 0.3) is 0 Å². The molecule has 54 valence electrons. The maximum Gasteiger partial charge on any atom is 0.227 e. The maximum atomic E-state index is 10.9. The van der Waals surface area contributed by atoms with Crippen molar-refractivity contribution in [1.82, 2.24) is 5.32 Å². The van der Waals surface area contributed by atoms with Crippen molar-refractivity contribution in [2.75, 3.05) is 6.54 Å². The molecule has 2 heteroatoms. The summed E-state index contributed by atoms with van der Waals surface area (Å²) >= 11 is 0. The first-order valence-electron chi connectivity index (χ1n) is 3.06. The van der Waals surface area contributed by atoms with E-state index in [4.69, 9.17) is 6.42 Å². The summed E-state index contributed by atoms with van der Waals surface area (Å²) in [5, 5.41) is 2.54. The average Bonchev–Trinajstić information content (AvgIpc) is 1.98. The van der Waals surface area contributed by atoms with Gasteiger partial charge >= 0.3 is 0 Å². The minimum Gasteiger partial charge on any atom is -0.345 e. The minimum atomic E-state index is -0.159. The fraction of sp³-hybridized carbons (Fsp3) is 0.375. The monoisotopic (exact) mass is 137 g/mol. The van der Waals surface area contributed by atoms with Gasteiger partial charge in [-0.15, -0.1) is 13.0 Å². The normalized spacial score (nSPS) is 11.2. The Morgan fingerprint density at radius 2 is 2.60 bits per heavy atom. The van der Waals surface area contributed by atoms with Gasteiger partial charge < -0.3 is 5.32 Å². The topological polar surface area (TPSA) is 29.1 Å². The van der Waals surface area contributed by atoms with Crippen LogP contribution in [-0.2, 0) is 4.79 Å². The molecule has 0 heterocycles. The maximum absolute atomic E-state index is 10.9. The highest BCUT2D eigenvalue weighted by atomic mass is 16.1. The van der Waals surface area contributed by atoms with Crippen LogP contribution >= 0.6 is 0 Å². The lowest BCUT2D eigenvalue weighted by Crippen LogP contribution is -2.28. The van der Waals surface area contributed by atoms with Crippen LogP contribution in [0.3, 0.4) is 0 Å². The molecule has 1 N–H and O–H groups in total. The Morgan fingerprint density at radius 1 is 2.00 bits per heavy atom. The lowest BCUT2D eigenvalue weighted by molar-refractivity contribution is -0.122. The van der Waals surface area contributed by atoms with Gasteiger partial charge in [-0.2, -0.15) is 0 Å². The molecular formula is C8H11NO. The number of nitrogens with one attached hydrogen (secondary N) is 1. The molecular weight excluding hydrogens is 126 g/mol. The summed E-state index contributed by atoms with van der Waals surface area (Å²) in [4.78, 5) is 10.9. The van der Waals surface area contributed by atoms with Crippen LogP contribution in [0.15, 0.2) is 12.7 Å². The summed E-state index contributed by atoms with van der Waals surface area (Å²) in [5.74, 6) is 2.08. The predicted octanol–water partition coefficient (Wildman–Crippen LogP) is 0.558. The van der Waals surface area contributed by atoms with Crippen LogP contribution in [0, 0.1) is 18.3 Å². The Labute approximate surface area is 61.3 Å². The van der Waals surface area contributed by atoms with Gasteiger partial charge in [0.1, 0.15) is 0 Å². The van der Waals surface area contributed by atoms with E-state index in [0.717, 1.165) is 0 Å². The largest absolute Gasteiger partial charge is 0.345 e. The van der Waals surface area contributed by atoms with Crippen LogP contribution in [0.5, 0.6) is 0 Å². The molecule has 0 rings (SSSR count). The summed E-state index contributed by atoms with van der Waals surface area (Å²) in [7, 11) is 0. The third-order valence-corrected chi connectivity index (χ3v) is 1.13. The number of hydrogen-bond acceptors (Lipinski definition) is 1. The van der Waals surface area contributed by atoms with Gasteiger partial charge in [0.05, 0.1) is 12.5 Å². The molecule has 0 aromatic carbocycles. The van der Waals surface area contributed by atoms with Crippen molar-refractivity contribution in [2.24, 2.45) is 5.92 Å². The molecule has 0 aliphatic rings. The van der Waals surface area contributed by atoms with E-state index in [-0.39, 0.29) is 18.4 Å². The number of amides is 1. The average molecular weight is 137 g/mol.